The van der Waals surface area contributed by atoms with Gasteiger partial charge in [-0.05, 0) is 24.3 Å². The van der Waals surface area contributed by atoms with E-state index in [-0.39, 0.29) is 23.8 Å². The molecular formula is C16H21FN2O5S. The summed E-state index contributed by atoms with van der Waals surface area (Å²) in [5.74, 6) is 0.158. The quantitative estimate of drug-likeness (QED) is 0.776. The van der Waals surface area contributed by atoms with Crippen LogP contribution in [0.3, 0.4) is 0 Å². The van der Waals surface area contributed by atoms with Crippen LogP contribution in [-0.2, 0) is 19.6 Å². The SMILES string of the molecule is COc1ccc(S(=O)(=O)N2C[C@@H](F)C[C@H]2C(=O)N2CCOCC2)cc1. The summed E-state index contributed by atoms with van der Waals surface area (Å²) in [6.07, 6.45) is -1.48. The summed E-state index contributed by atoms with van der Waals surface area (Å²) < 4.78 is 51.0. The Hall–Kier alpha value is -1.71. The Labute approximate surface area is 146 Å². The highest BCUT2D eigenvalue weighted by Gasteiger charge is 2.45. The van der Waals surface area contributed by atoms with Crippen molar-refractivity contribution < 1.29 is 27.1 Å². The largest absolute Gasteiger partial charge is 0.497 e. The fraction of sp³-hybridized carbons (Fsp3) is 0.562. The van der Waals surface area contributed by atoms with Gasteiger partial charge in [-0.2, -0.15) is 4.31 Å². The number of sulfonamides is 1. The molecule has 1 amide bonds. The number of morpholine rings is 1. The van der Waals surface area contributed by atoms with Gasteiger partial charge in [0, 0.05) is 26.1 Å². The lowest BCUT2D eigenvalue weighted by Crippen LogP contribution is -2.50. The molecule has 9 heteroatoms. The molecule has 25 heavy (non-hydrogen) atoms. The van der Waals surface area contributed by atoms with E-state index in [0.29, 0.717) is 32.1 Å². The molecule has 2 atom stereocenters. The number of nitrogens with zero attached hydrogens (tertiary/aromatic N) is 2. The molecule has 0 aliphatic carbocycles. The third-order valence-corrected chi connectivity index (χ3v) is 6.37. The number of halogens is 1. The van der Waals surface area contributed by atoms with Crippen LogP contribution >= 0.6 is 0 Å². The molecule has 0 aromatic heterocycles. The predicted molar refractivity (Wildman–Crippen MR) is 87.6 cm³/mol. The molecule has 138 valence electrons. The van der Waals surface area contributed by atoms with E-state index in [0.717, 1.165) is 4.31 Å². The van der Waals surface area contributed by atoms with Crippen molar-refractivity contribution in [2.45, 2.75) is 23.5 Å². The van der Waals surface area contributed by atoms with Crippen molar-refractivity contribution in [3.8, 4) is 5.75 Å². The number of alkyl halides is 1. The van der Waals surface area contributed by atoms with Crippen molar-refractivity contribution in [3.63, 3.8) is 0 Å². The van der Waals surface area contributed by atoms with E-state index >= 15 is 0 Å². The lowest BCUT2D eigenvalue weighted by Gasteiger charge is -2.32. The van der Waals surface area contributed by atoms with Gasteiger partial charge in [0.05, 0.1) is 25.2 Å². The molecule has 2 saturated heterocycles. The highest BCUT2D eigenvalue weighted by molar-refractivity contribution is 7.89. The van der Waals surface area contributed by atoms with Crippen molar-refractivity contribution in [2.24, 2.45) is 0 Å². The van der Waals surface area contributed by atoms with Crippen molar-refractivity contribution >= 4 is 15.9 Å². The predicted octanol–water partition coefficient (Wildman–Crippen LogP) is 0.655. The minimum absolute atomic E-state index is 0.0159. The summed E-state index contributed by atoms with van der Waals surface area (Å²) in [6, 6.07) is 4.83. The number of carbonyl (C=O) groups is 1. The average molecular weight is 372 g/mol. The number of carbonyl (C=O) groups excluding carboxylic acids is 1. The molecule has 2 aliphatic heterocycles. The molecule has 3 rings (SSSR count). The van der Waals surface area contributed by atoms with E-state index in [1.54, 1.807) is 4.90 Å². The van der Waals surface area contributed by atoms with Gasteiger partial charge in [0.2, 0.25) is 15.9 Å². The van der Waals surface area contributed by atoms with Crippen molar-refractivity contribution in [3.05, 3.63) is 24.3 Å². The number of hydrogen-bond acceptors (Lipinski definition) is 5. The van der Waals surface area contributed by atoms with Crippen LogP contribution < -0.4 is 4.74 Å². The van der Waals surface area contributed by atoms with Crippen LogP contribution in [0.5, 0.6) is 5.75 Å². The topological polar surface area (TPSA) is 76.2 Å². The van der Waals surface area contributed by atoms with E-state index in [9.17, 15) is 17.6 Å². The lowest BCUT2D eigenvalue weighted by atomic mass is 10.2. The molecule has 2 aliphatic rings. The number of hydrogen-bond donors (Lipinski definition) is 0. The molecule has 2 fully saturated rings. The summed E-state index contributed by atoms with van der Waals surface area (Å²) in [5, 5.41) is 0. The average Bonchev–Trinajstić information content (AvgIpc) is 3.04. The molecule has 1 aromatic carbocycles. The third-order valence-electron chi connectivity index (χ3n) is 4.48. The Morgan fingerprint density at radius 3 is 2.48 bits per heavy atom. The first kappa shape index (κ1) is 18.1. The smallest absolute Gasteiger partial charge is 0.243 e. The molecule has 0 unspecified atom stereocenters. The number of benzene rings is 1. The monoisotopic (exact) mass is 372 g/mol. The molecule has 7 nitrogen and oxygen atoms in total. The second-order valence-electron chi connectivity index (χ2n) is 6.04. The van der Waals surface area contributed by atoms with Crippen molar-refractivity contribution in [1.29, 1.82) is 0 Å². The zero-order valence-electron chi connectivity index (χ0n) is 13.9. The van der Waals surface area contributed by atoms with Crippen LogP contribution in [-0.4, -0.2) is 75.7 Å². The van der Waals surface area contributed by atoms with Crippen LogP contribution in [0, 0.1) is 0 Å². The number of ether oxygens (including phenoxy) is 2. The molecule has 0 radical (unpaired) electrons. The van der Waals surface area contributed by atoms with Crippen LogP contribution in [0.2, 0.25) is 0 Å². The normalized spacial score (nSPS) is 25.1. The first-order valence-electron chi connectivity index (χ1n) is 8.10. The second-order valence-corrected chi connectivity index (χ2v) is 7.93. The van der Waals surface area contributed by atoms with Gasteiger partial charge in [-0.1, -0.05) is 0 Å². The van der Waals surface area contributed by atoms with Crippen molar-refractivity contribution in [1.82, 2.24) is 9.21 Å². The molecular weight excluding hydrogens is 351 g/mol. The second kappa shape index (κ2) is 7.27. The summed E-state index contributed by atoms with van der Waals surface area (Å²) in [7, 11) is -2.49. The fourth-order valence-electron chi connectivity index (χ4n) is 3.12. The van der Waals surface area contributed by atoms with Gasteiger partial charge in [0.15, 0.2) is 0 Å². The summed E-state index contributed by atoms with van der Waals surface area (Å²) in [5.41, 5.74) is 0. The fourth-order valence-corrected chi connectivity index (χ4v) is 4.74. The third kappa shape index (κ3) is 3.63. The Morgan fingerprint density at radius 1 is 1.24 bits per heavy atom. The Kier molecular flexibility index (Phi) is 5.26. The van der Waals surface area contributed by atoms with E-state index in [4.69, 9.17) is 9.47 Å². The molecule has 1 aromatic rings. The number of methoxy groups -OCH3 is 1. The van der Waals surface area contributed by atoms with E-state index < -0.39 is 22.2 Å². The molecule has 0 N–H and O–H groups in total. The Bertz CT molecular complexity index is 719. The van der Waals surface area contributed by atoms with Gasteiger partial charge in [0.25, 0.3) is 0 Å². The number of rotatable bonds is 4. The van der Waals surface area contributed by atoms with Gasteiger partial charge in [-0.25, -0.2) is 12.8 Å². The highest BCUT2D eigenvalue weighted by atomic mass is 32.2. The minimum atomic E-state index is -3.97. The van der Waals surface area contributed by atoms with Crippen LogP contribution in [0.15, 0.2) is 29.2 Å². The maximum atomic E-state index is 14.0. The van der Waals surface area contributed by atoms with Crippen molar-refractivity contribution in [2.75, 3.05) is 40.0 Å². The maximum absolute atomic E-state index is 14.0. The first-order valence-corrected chi connectivity index (χ1v) is 9.54. The minimum Gasteiger partial charge on any atom is -0.497 e. The maximum Gasteiger partial charge on any atom is 0.243 e. The standard InChI is InChI=1S/C16H21FN2O5S/c1-23-13-2-4-14(5-3-13)25(21,22)19-11-12(17)10-15(19)16(20)18-6-8-24-9-7-18/h2-5,12,15H,6-11H2,1H3/t12-,15-/m0/s1. The van der Waals surface area contributed by atoms with Gasteiger partial charge < -0.3 is 14.4 Å². The Balaban J connectivity index is 1.85. The molecule has 0 bridgehead atoms. The molecule has 2 heterocycles. The molecule has 0 spiro atoms. The van der Waals surface area contributed by atoms with E-state index in [1.165, 1.54) is 31.4 Å². The first-order chi connectivity index (χ1) is 11.9. The van der Waals surface area contributed by atoms with E-state index in [2.05, 4.69) is 0 Å². The summed E-state index contributed by atoms with van der Waals surface area (Å²) in [6.45, 7) is 1.28. The summed E-state index contributed by atoms with van der Waals surface area (Å²) >= 11 is 0. The van der Waals surface area contributed by atoms with Crippen LogP contribution in [0.1, 0.15) is 6.42 Å². The number of amides is 1. The lowest BCUT2D eigenvalue weighted by molar-refractivity contribution is -0.138. The van der Waals surface area contributed by atoms with Gasteiger partial charge in [-0.3, -0.25) is 4.79 Å². The Morgan fingerprint density at radius 2 is 1.88 bits per heavy atom. The van der Waals surface area contributed by atoms with Gasteiger partial charge >= 0.3 is 0 Å². The zero-order chi connectivity index (χ0) is 18.0. The van der Waals surface area contributed by atoms with Crippen LogP contribution in [0.25, 0.3) is 0 Å². The van der Waals surface area contributed by atoms with E-state index in [1.807, 2.05) is 0 Å². The van der Waals surface area contributed by atoms with Crippen LogP contribution in [0.4, 0.5) is 4.39 Å². The van der Waals surface area contributed by atoms with Gasteiger partial charge in [-0.15, -0.1) is 0 Å². The molecule has 0 saturated carbocycles. The van der Waals surface area contributed by atoms with Gasteiger partial charge in [0.1, 0.15) is 18.0 Å². The highest BCUT2D eigenvalue weighted by Crippen LogP contribution is 2.30. The summed E-state index contributed by atoms with van der Waals surface area (Å²) in [4.78, 5) is 14.3. The zero-order valence-corrected chi connectivity index (χ0v) is 14.7.